The summed E-state index contributed by atoms with van der Waals surface area (Å²) in [5.41, 5.74) is 1.76. The first kappa shape index (κ1) is 26.0. The quantitative estimate of drug-likeness (QED) is 0.247. The van der Waals surface area contributed by atoms with Gasteiger partial charge in [-0.3, -0.25) is 4.57 Å². The maximum atomic E-state index is 13.8. The molecule has 0 aliphatic heterocycles. The first-order valence-corrected chi connectivity index (χ1v) is 13.0. The van der Waals surface area contributed by atoms with Crippen molar-refractivity contribution in [1.29, 1.82) is 0 Å². The first-order chi connectivity index (χ1) is 15.9. The van der Waals surface area contributed by atoms with E-state index in [2.05, 4.69) is 47.6 Å². The number of nitrogens with zero attached hydrogens (tertiary/aromatic N) is 3. The number of fused-ring (bicyclic) bond motifs is 1. The molecule has 2 atom stereocenters. The number of H-pyrrole nitrogens is 1. The van der Waals surface area contributed by atoms with E-state index in [1.807, 2.05) is 0 Å². The van der Waals surface area contributed by atoms with Gasteiger partial charge in [-0.1, -0.05) is 26.8 Å². The Morgan fingerprint density at radius 3 is 2.71 bits per heavy atom. The second kappa shape index (κ2) is 10.3. The molecule has 3 rings (SSSR count). The molecule has 0 saturated heterocycles. The maximum Gasteiger partial charge on any atom is 0.328 e. The molecule has 0 spiro atoms. The lowest BCUT2D eigenvalue weighted by Gasteiger charge is -2.33. The summed E-state index contributed by atoms with van der Waals surface area (Å²) in [5.74, 6) is 0.568. The lowest BCUT2D eigenvalue weighted by molar-refractivity contribution is 0.202. The van der Waals surface area contributed by atoms with Gasteiger partial charge < -0.3 is 19.7 Å². The van der Waals surface area contributed by atoms with Gasteiger partial charge in [0.25, 0.3) is 0 Å². The summed E-state index contributed by atoms with van der Waals surface area (Å²) >= 11 is 0. The average molecular weight is 490 g/mol. The van der Waals surface area contributed by atoms with E-state index in [1.165, 1.54) is 6.07 Å². The van der Waals surface area contributed by atoms with Gasteiger partial charge in [0, 0.05) is 34.9 Å². The van der Waals surface area contributed by atoms with E-state index < -0.39 is 13.4 Å². The molecule has 3 aromatic heterocycles. The molecule has 10 heteroatoms. The number of pyridine rings is 1. The Labute approximate surface area is 199 Å². The summed E-state index contributed by atoms with van der Waals surface area (Å²) in [6.45, 7) is 13.5. The fourth-order valence-electron chi connectivity index (χ4n) is 3.69. The Balaban J connectivity index is 1.95. The molecule has 3 N–H and O–H groups in total. The number of anilines is 1. The number of halogens is 1. The van der Waals surface area contributed by atoms with Crippen molar-refractivity contribution in [2.45, 2.75) is 59.6 Å². The van der Waals surface area contributed by atoms with Crippen LogP contribution in [0, 0.1) is 11.2 Å². The van der Waals surface area contributed by atoms with Crippen molar-refractivity contribution in [2.24, 2.45) is 5.41 Å². The van der Waals surface area contributed by atoms with Crippen molar-refractivity contribution in [2.75, 3.05) is 11.5 Å². The van der Waals surface area contributed by atoms with E-state index in [-0.39, 0.29) is 23.7 Å². The maximum absolute atomic E-state index is 13.8. The second-order valence-electron chi connectivity index (χ2n) is 9.68. The van der Waals surface area contributed by atoms with E-state index in [0.717, 1.165) is 11.8 Å². The monoisotopic (exact) mass is 489 g/mol. The van der Waals surface area contributed by atoms with Crippen LogP contribution in [0.2, 0.25) is 0 Å². The van der Waals surface area contributed by atoms with Crippen molar-refractivity contribution in [1.82, 2.24) is 19.9 Å². The Hall–Kier alpha value is -2.61. The number of nitrogens with one attached hydrogen (secondary N) is 2. The van der Waals surface area contributed by atoms with Gasteiger partial charge in [-0.15, -0.1) is 6.58 Å². The van der Waals surface area contributed by atoms with E-state index in [0.29, 0.717) is 41.1 Å². The number of aromatic nitrogens is 4. The summed E-state index contributed by atoms with van der Waals surface area (Å²) < 4.78 is 31.5. The van der Waals surface area contributed by atoms with Gasteiger partial charge in [0.15, 0.2) is 5.82 Å². The molecule has 3 aromatic rings. The molecule has 8 nitrogen and oxygen atoms in total. The van der Waals surface area contributed by atoms with Gasteiger partial charge in [-0.2, -0.15) is 0 Å². The Kier molecular flexibility index (Phi) is 7.91. The van der Waals surface area contributed by atoms with Gasteiger partial charge in [0.2, 0.25) is 0 Å². The van der Waals surface area contributed by atoms with Gasteiger partial charge in [-0.05, 0) is 38.2 Å². The van der Waals surface area contributed by atoms with Crippen LogP contribution in [0.3, 0.4) is 0 Å². The van der Waals surface area contributed by atoms with Crippen LogP contribution in [0.25, 0.3) is 22.4 Å². The lowest BCUT2D eigenvalue weighted by Crippen LogP contribution is -2.35. The van der Waals surface area contributed by atoms with E-state index in [9.17, 15) is 13.8 Å². The highest BCUT2D eigenvalue weighted by molar-refractivity contribution is 7.52. The summed E-state index contributed by atoms with van der Waals surface area (Å²) in [6, 6.07) is 1.21. The van der Waals surface area contributed by atoms with Crippen molar-refractivity contribution < 1.29 is 18.4 Å². The molecule has 0 aliphatic rings. The van der Waals surface area contributed by atoms with Gasteiger partial charge in [0.05, 0.1) is 18.5 Å². The zero-order valence-electron chi connectivity index (χ0n) is 20.3. The molecule has 0 radical (unpaired) electrons. The normalized spacial score (nSPS) is 14.8. The van der Waals surface area contributed by atoms with Crippen LogP contribution in [0.1, 0.15) is 46.6 Å². The summed E-state index contributed by atoms with van der Waals surface area (Å²) in [5, 5.41) is 4.06. The number of aromatic amines is 1. The predicted molar refractivity (Wildman–Crippen MR) is 133 cm³/mol. The zero-order chi connectivity index (χ0) is 25.1. The van der Waals surface area contributed by atoms with E-state index >= 15 is 0 Å². The van der Waals surface area contributed by atoms with Crippen LogP contribution in [0.5, 0.6) is 0 Å². The molecule has 0 saturated carbocycles. The van der Waals surface area contributed by atoms with Crippen LogP contribution < -0.4 is 5.32 Å². The van der Waals surface area contributed by atoms with Crippen LogP contribution in [0.15, 0.2) is 37.3 Å². The van der Waals surface area contributed by atoms with Crippen LogP contribution in [0.4, 0.5) is 10.2 Å². The molecule has 0 aliphatic carbocycles. The topological polar surface area (TPSA) is 113 Å². The van der Waals surface area contributed by atoms with Gasteiger partial charge in [0.1, 0.15) is 17.3 Å². The molecule has 0 bridgehead atoms. The third-order valence-electron chi connectivity index (χ3n) is 5.40. The molecule has 0 amide bonds. The summed E-state index contributed by atoms with van der Waals surface area (Å²) in [6.07, 6.45) is 6.96. The highest BCUT2D eigenvalue weighted by atomic mass is 31.2. The lowest BCUT2D eigenvalue weighted by atomic mass is 9.85. The molecule has 3 heterocycles. The van der Waals surface area contributed by atoms with Gasteiger partial charge >= 0.3 is 7.60 Å². The van der Waals surface area contributed by atoms with Crippen LogP contribution in [-0.4, -0.2) is 43.1 Å². The highest BCUT2D eigenvalue weighted by Gasteiger charge is 2.30. The predicted octanol–water partition coefficient (Wildman–Crippen LogP) is 5.71. The largest absolute Gasteiger partial charge is 0.366 e. The van der Waals surface area contributed by atoms with Crippen molar-refractivity contribution >= 4 is 24.4 Å². The van der Waals surface area contributed by atoms with Crippen molar-refractivity contribution in [3.8, 4) is 11.4 Å². The first-order valence-electron chi connectivity index (χ1n) is 11.3. The summed E-state index contributed by atoms with van der Waals surface area (Å²) in [7, 11) is -3.72. The Morgan fingerprint density at radius 1 is 1.32 bits per heavy atom. The van der Waals surface area contributed by atoms with Crippen molar-refractivity contribution in [3.05, 3.63) is 48.7 Å². The smallest absolute Gasteiger partial charge is 0.328 e. The number of rotatable bonds is 10. The van der Waals surface area contributed by atoms with Crippen LogP contribution >= 0.6 is 7.60 Å². The summed E-state index contributed by atoms with van der Waals surface area (Å²) in [4.78, 5) is 26.6. The molecule has 184 valence electrons. The number of hydrogen-bond acceptors (Lipinski definition) is 6. The molecule has 2 unspecified atom stereocenters. The third-order valence-corrected chi connectivity index (χ3v) is 6.97. The Bertz CT molecular complexity index is 1210. The second-order valence-corrected chi connectivity index (χ2v) is 11.6. The van der Waals surface area contributed by atoms with E-state index in [1.54, 1.807) is 32.3 Å². The minimum absolute atomic E-state index is 0.0161. The molecule has 0 fully saturated rings. The highest BCUT2D eigenvalue weighted by Crippen LogP contribution is 2.45. The zero-order valence-corrected chi connectivity index (χ0v) is 21.2. The molecular formula is C24H33FN5O3P. The molecule has 34 heavy (non-hydrogen) atoms. The average Bonchev–Trinajstić information content (AvgIpc) is 3.13. The standard InChI is InChI=1S/C24H33FN5O3P/c1-7-8-16-12-26-23(19-14-28-22-18(19)11-17(25)13-27-22)30-21(16)29-20(24(4,5)6)9-10-34(31,32)33-15(2)3/h7,11-15,20H,1,8-10H2,2-6H3,(H,27,28)(H,31,32)(H,26,29,30). The molecule has 0 aromatic carbocycles. The number of hydrogen-bond donors (Lipinski definition) is 3. The fraction of sp³-hybridized carbons (Fsp3) is 0.458. The minimum atomic E-state index is -3.72. The fourth-order valence-corrected chi connectivity index (χ4v) is 5.04. The third kappa shape index (κ3) is 6.50. The SMILES string of the molecule is C=CCc1cnc(-c2c[nH]c3ncc(F)cc23)nc1NC(CCP(=O)(O)OC(C)C)C(C)(C)C. The van der Waals surface area contributed by atoms with E-state index in [4.69, 9.17) is 9.51 Å². The van der Waals surface area contributed by atoms with Gasteiger partial charge in [-0.25, -0.2) is 19.3 Å². The van der Waals surface area contributed by atoms with Crippen LogP contribution in [-0.2, 0) is 15.5 Å². The number of allylic oxidation sites excluding steroid dienone is 1. The molecular weight excluding hydrogens is 456 g/mol. The Morgan fingerprint density at radius 2 is 2.06 bits per heavy atom. The van der Waals surface area contributed by atoms with Crippen molar-refractivity contribution in [3.63, 3.8) is 0 Å². The minimum Gasteiger partial charge on any atom is -0.366 e.